The zero-order chi connectivity index (χ0) is 14.2. The normalized spacial score (nSPS) is 11.9. The van der Waals surface area contributed by atoms with Crippen molar-refractivity contribution < 1.29 is 17.6 Å². The molecule has 102 valence electrons. The number of nitrogens with zero attached hydrogens (tertiary/aromatic N) is 3. The lowest BCUT2D eigenvalue weighted by Crippen LogP contribution is -2.09. The molecular weight excluding hydrogens is 286 g/mol. The second-order valence-electron chi connectivity index (χ2n) is 3.80. The molecule has 0 unspecified atom stereocenters. The monoisotopic (exact) mass is 293 g/mol. The Kier molecular flexibility index (Phi) is 3.49. The van der Waals surface area contributed by atoms with Gasteiger partial charge in [0.15, 0.2) is 5.82 Å². The molecule has 19 heavy (non-hydrogen) atoms. The average molecular weight is 294 g/mol. The van der Waals surface area contributed by atoms with Gasteiger partial charge in [0, 0.05) is 7.05 Å². The first-order valence-electron chi connectivity index (χ1n) is 5.16. The Balaban J connectivity index is 2.60. The molecule has 0 N–H and O–H groups in total. The number of hydrogen-bond acceptors (Lipinski definition) is 2. The molecule has 0 aliphatic carbocycles. The van der Waals surface area contributed by atoms with Gasteiger partial charge >= 0.3 is 6.18 Å². The lowest BCUT2D eigenvalue weighted by Gasteiger charge is -2.10. The maximum absolute atomic E-state index is 13.9. The Morgan fingerprint density at radius 1 is 1.26 bits per heavy atom. The van der Waals surface area contributed by atoms with Crippen LogP contribution in [0.1, 0.15) is 11.4 Å². The molecule has 8 heteroatoms. The summed E-state index contributed by atoms with van der Waals surface area (Å²) in [7, 11) is 1.51. The van der Waals surface area contributed by atoms with Gasteiger partial charge in [-0.05, 0) is 12.1 Å². The summed E-state index contributed by atoms with van der Waals surface area (Å²) in [4.78, 5) is 0. The van der Waals surface area contributed by atoms with Crippen molar-refractivity contribution in [2.75, 3.05) is 0 Å². The van der Waals surface area contributed by atoms with Crippen molar-refractivity contribution in [2.45, 2.75) is 12.1 Å². The highest BCUT2D eigenvalue weighted by atomic mass is 35.5. The number of rotatable bonds is 2. The fourth-order valence-corrected chi connectivity index (χ4v) is 1.87. The molecule has 0 saturated heterocycles. The smallest absolute Gasteiger partial charge is 0.313 e. The highest BCUT2D eigenvalue weighted by Crippen LogP contribution is 2.35. The van der Waals surface area contributed by atoms with E-state index in [4.69, 9.17) is 11.6 Å². The summed E-state index contributed by atoms with van der Waals surface area (Å²) >= 11 is 5.58. The predicted octanol–water partition coefficient (Wildman–Crippen LogP) is 3.38. The number of halogens is 5. The molecule has 0 fully saturated rings. The molecule has 0 atom stereocenters. The van der Waals surface area contributed by atoms with E-state index >= 15 is 0 Å². The lowest BCUT2D eigenvalue weighted by atomic mass is 10.1. The zero-order valence-corrected chi connectivity index (χ0v) is 10.4. The van der Waals surface area contributed by atoms with Gasteiger partial charge in [-0.25, -0.2) is 4.39 Å². The molecule has 2 aromatic rings. The van der Waals surface area contributed by atoms with Gasteiger partial charge in [-0.15, -0.1) is 21.8 Å². The third kappa shape index (κ3) is 2.42. The van der Waals surface area contributed by atoms with Crippen LogP contribution in [-0.2, 0) is 19.1 Å². The van der Waals surface area contributed by atoms with Crippen molar-refractivity contribution >= 4 is 11.6 Å². The van der Waals surface area contributed by atoms with Gasteiger partial charge in [0.25, 0.3) is 0 Å². The molecule has 0 aliphatic rings. The van der Waals surface area contributed by atoms with Crippen molar-refractivity contribution in [1.82, 2.24) is 14.8 Å². The summed E-state index contributed by atoms with van der Waals surface area (Å²) in [5.41, 5.74) is -1.60. The van der Waals surface area contributed by atoms with Crippen LogP contribution in [0, 0.1) is 5.82 Å². The van der Waals surface area contributed by atoms with E-state index in [1.807, 2.05) is 0 Å². The Morgan fingerprint density at radius 2 is 1.95 bits per heavy atom. The quantitative estimate of drug-likeness (QED) is 0.628. The zero-order valence-electron chi connectivity index (χ0n) is 9.67. The first kappa shape index (κ1) is 13.8. The van der Waals surface area contributed by atoms with E-state index in [9.17, 15) is 17.6 Å². The Morgan fingerprint density at radius 3 is 2.47 bits per heavy atom. The van der Waals surface area contributed by atoms with Crippen LogP contribution in [0.25, 0.3) is 11.4 Å². The summed E-state index contributed by atoms with van der Waals surface area (Å²) in [5, 5.41) is 7.34. The average Bonchev–Trinajstić information content (AvgIpc) is 2.69. The van der Waals surface area contributed by atoms with Crippen molar-refractivity contribution in [1.29, 1.82) is 0 Å². The molecule has 3 nitrogen and oxygen atoms in total. The fraction of sp³-hybridized carbons (Fsp3) is 0.273. The molecule has 0 aliphatic heterocycles. The van der Waals surface area contributed by atoms with E-state index < -0.39 is 17.6 Å². The van der Waals surface area contributed by atoms with Crippen LogP contribution in [0.5, 0.6) is 0 Å². The molecule has 1 aromatic heterocycles. The lowest BCUT2D eigenvalue weighted by molar-refractivity contribution is -0.139. The molecule has 2 rings (SSSR count). The van der Waals surface area contributed by atoms with Crippen molar-refractivity contribution in [2.24, 2.45) is 7.05 Å². The van der Waals surface area contributed by atoms with Gasteiger partial charge in [-0.2, -0.15) is 13.2 Å². The molecular formula is C11H8ClF4N3. The second-order valence-corrected chi connectivity index (χ2v) is 4.06. The summed E-state index contributed by atoms with van der Waals surface area (Å²) in [6.07, 6.45) is -4.76. The number of benzene rings is 1. The maximum atomic E-state index is 13.9. The minimum atomic E-state index is -4.76. The largest absolute Gasteiger partial charge is 0.419 e. The number of alkyl halides is 4. The summed E-state index contributed by atoms with van der Waals surface area (Å²) in [6.45, 7) is 0. The van der Waals surface area contributed by atoms with Crippen LogP contribution >= 0.6 is 11.6 Å². The second kappa shape index (κ2) is 4.80. The third-order valence-corrected chi connectivity index (χ3v) is 2.87. The minimum Gasteiger partial charge on any atom is -0.313 e. The highest BCUT2D eigenvalue weighted by molar-refractivity contribution is 6.16. The van der Waals surface area contributed by atoms with Crippen molar-refractivity contribution in [3.63, 3.8) is 0 Å². The van der Waals surface area contributed by atoms with E-state index in [2.05, 4.69) is 10.2 Å². The number of hydrogen-bond donors (Lipinski definition) is 0. The molecule has 1 heterocycles. The third-order valence-electron chi connectivity index (χ3n) is 2.63. The molecule has 0 amide bonds. The first-order valence-corrected chi connectivity index (χ1v) is 5.70. The Bertz CT molecular complexity index is 606. The molecule has 0 saturated carbocycles. The van der Waals surface area contributed by atoms with Crippen LogP contribution in [-0.4, -0.2) is 14.8 Å². The van der Waals surface area contributed by atoms with E-state index in [1.165, 1.54) is 17.7 Å². The van der Waals surface area contributed by atoms with Gasteiger partial charge < -0.3 is 4.57 Å². The van der Waals surface area contributed by atoms with Crippen LogP contribution < -0.4 is 0 Å². The van der Waals surface area contributed by atoms with Crippen molar-refractivity contribution in [3.05, 3.63) is 35.4 Å². The Labute approximate surface area is 110 Å². The van der Waals surface area contributed by atoms with E-state index in [-0.39, 0.29) is 17.3 Å². The minimum absolute atomic E-state index is 0.000694. The maximum Gasteiger partial charge on any atom is 0.419 e. The molecule has 0 spiro atoms. The van der Waals surface area contributed by atoms with Gasteiger partial charge in [0.1, 0.15) is 11.6 Å². The van der Waals surface area contributed by atoms with Crippen LogP contribution in [0.2, 0.25) is 0 Å². The standard InChI is InChI=1S/C11H8ClF4N3/c1-19-8(5-12)17-18-10(19)6-3-2-4-7(9(6)13)11(14,15)16/h2-4H,5H2,1H3. The molecule has 1 aromatic carbocycles. The van der Waals surface area contributed by atoms with E-state index in [0.717, 1.165) is 6.07 Å². The van der Waals surface area contributed by atoms with Crippen LogP contribution in [0.4, 0.5) is 17.6 Å². The first-order chi connectivity index (χ1) is 8.86. The molecule has 0 bridgehead atoms. The van der Waals surface area contributed by atoms with Gasteiger partial charge in [-0.3, -0.25) is 0 Å². The van der Waals surface area contributed by atoms with E-state index in [1.54, 1.807) is 0 Å². The molecule has 0 radical (unpaired) electrons. The van der Waals surface area contributed by atoms with Crippen LogP contribution in [0.3, 0.4) is 0 Å². The predicted molar refractivity (Wildman–Crippen MR) is 61.0 cm³/mol. The van der Waals surface area contributed by atoms with Gasteiger partial charge in [-0.1, -0.05) is 6.07 Å². The SMILES string of the molecule is Cn1c(CCl)nnc1-c1cccc(C(F)(F)F)c1F. The number of aromatic nitrogens is 3. The van der Waals surface area contributed by atoms with Crippen LogP contribution in [0.15, 0.2) is 18.2 Å². The van der Waals surface area contributed by atoms with Gasteiger partial charge in [0.2, 0.25) is 0 Å². The fourth-order valence-electron chi connectivity index (χ4n) is 1.64. The topological polar surface area (TPSA) is 30.7 Å². The highest BCUT2D eigenvalue weighted by Gasteiger charge is 2.35. The summed E-state index contributed by atoms with van der Waals surface area (Å²) in [5.74, 6) is -0.997. The summed E-state index contributed by atoms with van der Waals surface area (Å²) < 4.78 is 53.1. The van der Waals surface area contributed by atoms with E-state index in [0.29, 0.717) is 11.9 Å². The van der Waals surface area contributed by atoms with Gasteiger partial charge in [0.05, 0.1) is 17.0 Å². The summed E-state index contributed by atoms with van der Waals surface area (Å²) in [6, 6.07) is 3.01. The van der Waals surface area contributed by atoms with Crippen molar-refractivity contribution in [3.8, 4) is 11.4 Å². The Hall–Kier alpha value is -1.63.